The van der Waals surface area contributed by atoms with Crippen LogP contribution in [0.3, 0.4) is 0 Å². The van der Waals surface area contributed by atoms with Gasteiger partial charge in [-0.25, -0.2) is 9.37 Å². The Balaban J connectivity index is 1.43. The Kier molecular flexibility index (Phi) is 6.05. The summed E-state index contributed by atoms with van der Waals surface area (Å²) >= 11 is 7.38. The van der Waals surface area contributed by atoms with Gasteiger partial charge in [0.05, 0.1) is 18.3 Å². The second-order valence-electron chi connectivity index (χ2n) is 7.82. The molecule has 0 saturated carbocycles. The molecule has 1 aliphatic heterocycles. The van der Waals surface area contributed by atoms with Gasteiger partial charge in [-0.1, -0.05) is 23.7 Å². The summed E-state index contributed by atoms with van der Waals surface area (Å²) in [6.45, 7) is 1.33. The van der Waals surface area contributed by atoms with Gasteiger partial charge in [0.25, 0.3) is 5.56 Å². The molecule has 0 N–H and O–H groups in total. The first-order chi connectivity index (χ1) is 16.0. The fourth-order valence-electron chi connectivity index (χ4n) is 3.84. The van der Waals surface area contributed by atoms with E-state index in [4.69, 9.17) is 21.1 Å². The van der Waals surface area contributed by atoms with E-state index < -0.39 is 6.17 Å². The molecule has 0 radical (unpaired) electrons. The average Bonchev–Trinajstić information content (AvgIpc) is 3.45. The van der Waals surface area contributed by atoms with E-state index in [1.165, 1.54) is 22.2 Å². The molecule has 5 rings (SSSR count). The summed E-state index contributed by atoms with van der Waals surface area (Å²) in [7, 11) is 1.54. The van der Waals surface area contributed by atoms with Gasteiger partial charge in [0.2, 0.25) is 0 Å². The summed E-state index contributed by atoms with van der Waals surface area (Å²) in [5.74, 6) is 1.02. The second kappa shape index (κ2) is 9.13. The monoisotopic (exact) mass is 485 g/mol. The van der Waals surface area contributed by atoms with Gasteiger partial charge in [0.15, 0.2) is 11.5 Å². The number of methoxy groups -OCH3 is 1. The van der Waals surface area contributed by atoms with Crippen LogP contribution in [0.15, 0.2) is 59.7 Å². The first-order valence-corrected chi connectivity index (χ1v) is 11.7. The lowest BCUT2D eigenvalue weighted by Gasteiger charge is -2.18. The van der Waals surface area contributed by atoms with Crippen molar-refractivity contribution in [2.75, 3.05) is 26.9 Å². The maximum absolute atomic E-state index is 13.4. The Morgan fingerprint density at radius 1 is 1.18 bits per heavy atom. The highest BCUT2D eigenvalue weighted by Gasteiger charge is 2.22. The number of halogens is 2. The van der Waals surface area contributed by atoms with Crippen LogP contribution in [0, 0.1) is 0 Å². The molecule has 3 heterocycles. The van der Waals surface area contributed by atoms with Crippen molar-refractivity contribution in [1.29, 1.82) is 0 Å². The van der Waals surface area contributed by atoms with Crippen LogP contribution in [0.1, 0.15) is 6.42 Å². The van der Waals surface area contributed by atoms with Crippen LogP contribution in [0.5, 0.6) is 11.5 Å². The lowest BCUT2D eigenvalue weighted by Crippen LogP contribution is -2.26. The fraction of sp³-hybridized carbons (Fsp3) is 0.250. The molecule has 0 unspecified atom stereocenters. The van der Waals surface area contributed by atoms with Gasteiger partial charge in [0.1, 0.15) is 23.9 Å². The first kappa shape index (κ1) is 21.9. The molecule has 0 amide bonds. The number of hydrogen-bond donors (Lipinski definition) is 0. The molecule has 4 aromatic rings. The minimum atomic E-state index is -0.801. The predicted octanol–water partition coefficient (Wildman–Crippen LogP) is 5.16. The molecule has 6 nitrogen and oxygen atoms in total. The van der Waals surface area contributed by atoms with Crippen molar-refractivity contribution < 1.29 is 13.9 Å². The Bertz CT molecular complexity index is 1360. The van der Waals surface area contributed by atoms with Crippen LogP contribution in [-0.2, 0) is 0 Å². The summed E-state index contributed by atoms with van der Waals surface area (Å²) in [6.07, 6.45) is 1.24. The minimum Gasteiger partial charge on any atom is -0.493 e. The van der Waals surface area contributed by atoms with Crippen molar-refractivity contribution in [3.8, 4) is 27.6 Å². The standard InChI is InChI=1S/C24H21ClFN3O3S/c1-31-21-10-18(6-7-20(21)32-14-28-9-8-17(26)12-28)29-13-27-19-11-22(33-23(19)24(29)30)15-2-4-16(25)5-3-15/h2-7,10-11,13,17H,8-9,12,14H2,1H3/t17-/m0/s1. The van der Waals surface area contributed by atoms with Crippen molar-refractivity contribution in [2.45, 2.75) is 12.6 Å². The van der Waals surface area contributed by atoms with Crippen LogP contribution < -0.4 is 15.0 Å². The first-order valence-electron chi connectivity index (χ1n) is 10.5. The summed E-state index contributed by atoms with van der Waals surface area (Å²) in [6, 6.07) is 14.7. The zero-order valence-corrected chi connectivity index (χ0v) is 19.4. The van der Waals surface area contributed by atoms with Gasteiger partial charge in [0, 0.05) is 29.1 Å². The minimum absolute atomic E-state index is 0.160. The number of benzene rings is 2. The third kappa shape index (κ3) is 4.46. The van der Waals surface area contributed by atoms with Crippen LogP contribution in [0.2, 0.25) is 5.02 Å². The largest absolute Gasteiger partial charge is 0.493 e. The number of fused-ring (bicyclic) bond motifs is 1. The Labute approximate surface area is 198 Å². The molecular formula is C24H21ClFN3O3S. The van der Waals surface area contributed by atoms with E-state index in [0.717, 1.165) is 10.4 Å². The molecule has 170 valence electrons. The van der Waals surface area contributed by atoms with Gasteiger partial charge in [-0.15, -0.1) is 11.3 Å². The smallest absolute Gasteiger partial charge is 0.275 e. The summed E-state index contributed by atoms with van der Waals surface area (Å²) in [5, 5.41) is 0.661. The molecule has 0 aliphatic carbocycles. The third-order valence-electron chi connectivity index (χ3n) is 5.61. The van der Waals surface area contributed by atoms with E-state index in [-0.39, 0.29) is 12.3 Å². The maximum atomic E-state index is 13.4. The number of alkyl halides is 1. The summed E-state index contributed by atoms with van der Waals surface area (Å²) < 4.78 is 26.8. The second-order valence-corrected chi connectivity index (χ2v) is 9.31. The number of ether oxygens (including phenoxy) is 2. The van der Waals surface area contributed by atoms with Gasteiger partial charge in [-0.2, -0.15) is 0 Å². The van der Waals surface area contributed by atoms with Crippen molar-refractivity contribution >= 4 is 33.2 Å². The van der Waals surface area contributed by atoms with Crippen LogP contribution in [-0.4, -0.2) is 47.6 Å². The molecule has 0 spiro atoms. The summed E-state index contributed by atoms with van der Waals surface area (Å²) in [4.78, 5) is 20.6. The molecule has 1 aliphatic rings. The van der Waals surface area contributed by atoms with Crippen LogP contribution in [0.25, 0.3) is 26.3 Å². The zero-order chi connectivity index (χ0) is 22.9. The Morgan fingerprint density at radius 2 is 2.00 bits per heavy atom. The van der Waals surface area contributed by atoms with Gasteiger partial charge < -0.3 is 9.47 Å². The van der Waals surface area contributed by atoms with Crippen molar-refractivity contribution in [3.63, 3.8) is 0 Å². The highest BCUT2D eigenvalue weighted by molar-refractivity contribution is 7.22. The predicted molar refractivity (Wildman–Crippen MR) is 129 cm³/mol. The van der Waals surface area contributed by atoms with Gasteiger partial charge in [-0.05, 0) is 42.3 Å². The molecule has 0 bridgehead atoms. The van der Waals surface area contributed by atoms with E-state index >= 15 is 0 Å². The van der Waals surface area contributed by atoms with E-state index in [9.17, 15) is 9.18 Å². The number of likely N-dealkylation sites (tertiary alicyclic amines) is 1. The Morgan fingerprint density at radius 3 is 2.73 bits per heavy atom. The number of thiophene rings is 1. The van der Waals surface area contributed by atoms with E-state index in [0.29, 0.717) is 51.9 Å². The fourth-order valence-corrected chi connectivity index (χ4v) is 5.01. The summed E-state index contributed by atoms with van der Waals surface area (Å²) in [5.41, 5.74) is 2.08. The topological polar surface area (TPSA) is 56.6 Å². The van der Waals surface area contributed by atoms with Crippen molar-refractivity contribution in [3.05, 3.63) is 70.2 Å². The van der Waals surface area contributed by atoms with Crippen molar-refractivity contribution in [1.82, 2.24) is 14.5 Å². The lowest BCUT2D eigenvalue weighted by atomic mass is 10.2. The molecule has 33 heavy (non-hydrogen) atoms. The normalized spacial score (nSPS) is 16.4. The molecule has 9 heteroatoms. The number of aromatic nitrogens is 2. The number of hydrogen-bond acceptors (Lipinski definition) is 6. The molecule has 2 aromatic carbocycles. The van der Waals surface area contributed by atoms with Gasteiger partial charge >= 0.3 is 0 Å². The quantitative estimate of drug-likeness (QED) is 0.378. The molecule has 1 saturated heterocycles. The van der Waals surface area contributed by atoms with E-state index in [1.807, 2.05) is 35.2 Å². The molecule has 2 aromatic heterocycles. The van der Waals surface area contributed by atoms with Crippen LogP contribution in [0.4, 0.5) is 4.39 Å². The third-order valence-corrected chi connectivity index (χ3v) is 7.02. The molecule has 1 fully saturated rings. The van der Waals surface area contributed by atoms with Crippen molar-refractivity contribution in [2.24, 2.45) is 0 Å². The maximum Gasteiger partial charge on any atom is 0.275 e. The lowest BCUT2D eigenvalue weighted by molar-refractivity contribution is 0.139. The SMILES string of the molecule is COc1cc(-n2cnc3cc(-c4ccc(Cl)cc4)sc3c2=O)ccc1OCN1CC[C@H](F)C1. The molecular weight excluding hydrogens is 465 g/mol. The van der Waals surface area contributed by atoms with E-state index in [2.05, 4.69) is 4.98 Å². The number of rotatable bonds is 6. The zero-order valence-electron chi connectivity index (χ0n) is 17.8. The van der Waals surface area contributed by atoms with Gasteiger partial charge in [-0.3, -0.25) is 14.3 Å². The van der Waals surface area contributed by atoms with Crippen LogP contribution >= 0.6 is 22.9 Å². The molecule has 1 atom stereocenters. The average molecular weight is 486 g/mol. The highest BCUT2D eigenvalue weighted by atomic mass is 35.5. The number of nitrogens with zero attached hydrogens (tertiary/aromatic N) is 3. The Hall–Kier alpha value is -2.94. The highest BCUT2D eigenvalue weighted by Crippen LogP contribution is 2.33. The van der Waals surface area contributed by atoms with E-state index in [1.54, 1.807) is 25.3 Å².